The molecular formula is C21H33N5O2. The molecule has 4 rings (SSSR count). The van der Waals surface area contributed by atoms with Crippen LogP contribution >= 0.6 is 0 Å². The highest BCUT2D eigenvalue weighted by atomic mass is 16.5. The Morgan fingerprint density at radius 3 is 2.25 bits per heavy atom. The molecule has 1 saturated carbocycles. The van der Waals surface area contributed by atoms with Crippen LogP contribution in [0.1, 0.15) is 44.3 Å². The average molecular weight is 388 g/mol. The van der Waals surface area contributed by atoms with Crippen LogP contribution in [0, 0.1) is 12.8 Å². The van der Waals surface area contributed by atoms with Crippen molar-refractivity contribution in [3.05, 3.63) is 11.9 Å². The predicted octanol–water partition coefficient (Wildman–Crippen LogP) is 2.24. The summed E-state index contributed by atoms with van der Waals surface area (Å²) in [6.07, 6.45) is 7.13. The Hall–Kier alpha value is -1.89. The van der Waals surface area contributed by atoms with Crippen LogP contribution in [0.2, 0.25) is 0 Å². The van der Waals surface area contributed by atoms with E-state index in [1.807, 2.05) is 11.8 Å². The van der Waals surface area contributed by atoms with Gasteiger partial charge in [-0.1, -0.05) is 25.7 Å². The SMILES string of the molecule is Cc1nc(N2CCOCC2)cc(N2CCN(C(=O)CCC3CCCC3)CC2)n1. The quantitative estimate of drug-likeness (QED) is 0.772. The van der Waals surface area contributed by atoms with E-state index in [-0.39, 0.29) is 0 Å². The van der Waals surface area contributed by atoms with Gasteiger partial charge < -0.3 is 19.4 Å². The molecule has 2 aliphatic heterocycles. The summed E-state index contributed by atoms with van der Waals surface area (Å²) in [6.45, 7) is 8.47. The van der Waals surface area contributed by atoms with Gasteiger partial charge in [-0.15, -0.1) is 0 Å². The summed E-state index contributed by atoms with van der Waals surface area (Å²) in [7, 11) is 0. The average Bonchev–Trinajstić information content (AvgIpc) is 3.26. The standard InChI is InChI=1S/C21H33N5O2/c1-17-22-19(16-20(23-17)25-12-14-28-15-13-25)24-8-10-26(11-9-24)21(27)7-6-18-4-2-3-5-18/h16,18H,2-15H2,1H3. The first-order valence-electron chi connectivity index (χ1n) is 10.9. The summed E-state index contributed by atoms with van der Waals surface area (Å²) in [5.74, 6) is 3.88. The molecule has 0 atom stereocenters. The van der Waals surface area contributed by atoms with Crippen molar-refractivity contribution in [2.75, 3.05) is 62.3 Å². The van der Waals surface area contributed by atoms with Gasteiger partial charge in [0.25, 0.3) is 0 Å². The Balaban J connectivity index is 1.31. The van der Waals surface area contributed by atoms with Crippen LogP contribution in [0.5, 0.6) is 0 Å². The molecule has 0 aromatic carbocycles. The molecule has 3 heterocycles. The number of piperazine rings is 1. The van der Waals surface area contributed by atoms with E-state index in [1.54, 1.807) is 0 Å². The van der Waals surface area contributed by atoms with E-state index >= 15 is 0 Å². The van der Waals surface area contributed by atoms with E-state index in [2.05, 4.69) is 25.8 Å². The lowest BCUT2D eigenvalue weighted by Crippen LogP contribution is -2.49. The van der Waals surface area contributed by atoms with Crippen molar-refractivity contribution in [3.8, 4) is 0 Å². The summed E-state index contributed by atoms with van der Waals surface area (Å²) >= 11 is 0. The lowest BCUT2D eigenvalue weighted by Gasteiger charge is -2.36. The van der Waals surface area contributed by atoms with Crippen LogP contribution in [0.3, 0.4) is 0 Å². The number of nitrogens with zero attached hydrogens (tertiary/aromatic N) is 5. The molecule has 0 spiro atoms. The molecule has 1 aliphatic carbocycles. The van der Waals surface area contributed by atoms with Gasteiger partial charge in [0.15, 0.2) is 0 Å². The summed E-state index contributed by atoms with van der Waals surface area (Å²) in [5.41, 5.74) is 0. The highest BCUT2D eigenvalue weighted by molar-refractivity contribution is 5.76. The second-order valence-electron chi connectivity index (χ2n) is 8.29. The molecule has 3 fully saturated rings. The zero-order valence-corrected chi connectivity index (χ0v) is 17.1. The lowest BCUT2D eigenvalue weighted by atomic mass is 10.0. The topological polar surface area (TPSA) is 61.8 Å². The minimum absolute atomic E-state index is 0.333. The first kappa shape index (κ1) is 19.4. The number of carbonyl (C=O) groups is 1. The van der Waals surface area contributed by atoms with Crippen molar-refractivity contribution >= 4 is 17.5 Å². The third kappa shape index (κ3) is 4.74. The number of aromatic nitrogens is 2. The van der Waals surface area contributed by atoms with E-state index < -0.39 is 0 Å². The fraction of sp³-hybridized carbons (Fsp3) is 0.762. The summed E-state index contributed by atoms with van der Waals surface area (Å²) < 4.78 is 5.45. The molecule has 154 valence electrons. The zero-order chi connectivity index (χ0) is 19.3. The molecule has 0 radical (unpaired) electrons. The zero-order valence-electron chi connectivity index (χ0n) is 17.1. The molecule has 0 bridgehead atoms. The molecule has 3 aliphatic rings. The lowest BCUT2D eigenvalue weighted by molar-refractivity contribution is -0.131. The van der Waals surface area contributed by atoms with Gasteiger partial charge in [-0.25, -0.2) is 9.97 Å². The van der Waals surface area contributed by atoms with E-state index in [9.17, 15) is 4.79 Å². The van der Waals surface area contributed by atoms with Gasteiger partial charge >= 0.3 is 0 Å². The van der Waals surface area contributed by atoms with Gasteiger partial charge in [0, 0.05) is 51.8 Å². The van der Waals surface area contributed by atoms with E-state index in [0.29, 0.717) is 5.91 Å². The Labute approximate surface area is 168 Å². The van der Waals surface area contributed by atoms with Crippen LogP contribution in [-0.4, -0.2) is 73.3 Å². The predicted molar refractivity (Wildman–Crippen MR) is 110 cm³/mol. The maximum absolute atomic E-state index is 12.6. The third-order valence-corrected chi connectivity index (χ3v) is 6.34. The molecular weight excluding hydrogens is 354 g/mol. The van der Waals surface area contributed by atoms with Crippen molar-refractivity contribution < 1.29 is 9.53 Å². The van der Waals surface area contributed by atoms with Crippen molar-refractivity contribution in [2.24, 2.45) is 5.92 Å². The van der Waals surface area contributed by atoms with E-state index in [0.717, 1.165) is 88.7 Å². The number of aryl methyl sites for hydroxylation is 1. The monoisotopic (exact) mass is 387 g/mol. The number of rotatable bonds is 5. The number of hydrogen-bond acceptors (Lipinski definition) is 6. The van der Waals surface area contributed by atoms with E-state index in [4.69, 9.17) is 4.74 Å². The number of carbonyl (C=O) groups excluding carboxylic acids is 1. The van der Waals surface area contributed by atoms with E-state index in [1.165, 1.54) is 25.7 Å². The second kappa shape index (κ2) is 9.07. The first-order valence-corrected chi connectivity index (χ1v) is 10.9. The Morgan fingerprint density at radius 1 is 1.00 bits per heavy atom. The number of morpholine rings is 1. The minimum Gasteiger partial charge on any atom is -0.378 e. The fourth-order valence-corrected chi connectivity index (χ4v) is 4.62. The maximum atomic E-state index is 12.6. The molecule has 28 heavy (non-hydrogen) atoms. The van der Waals surface area contributed by atoms with Crippen molar-refractivity contribution in [1.82, 2.24) is 14.9 Å². The first-order chi connectivity index (χ1) is 13.7. The maximum Gasteiger partial charge on any atom is 0.222 e. The summed E-state index contributed by atoms with van der Waals surface area (Å²) in [6, 6.07) is 2.09. The molecule has 2 saturated heterocycles. The molecule has 7 nitrogen and oxygen atoms in total. The van der Waals surface area contributed by atoms with Crippen LogP contribution in [-0.2, 0) is 9.53 Å². The molecule has 1 aromatic heterocycles. The van der Waals surface area contributed by atoms with Gasteiger partial charge in [-0.05, 0) is 19.3 Å². The van der Waals surface area contributed by atoms with Crippen LogP contribution < -0.4 is 9.80 Å². The van der Waals surface area contributed by atoms with Crippen molar-refractivity contribution in [1.29, 1.82) is 0 Å². The molecule has 1 amide bonds. The largest absolute Gasteiger partial charge is 0.378 e. The Kier molecular flexibility index (Phi) is 6.29. The summed E-state index contributed by atoms with van der Waals surface area (Å²) in [5, 5.41) is 0. The molecule has 0 unspecified atom stereocenters. The minimum atomic E-state index is 0.333. The molecule has 1 aromatic rings. The Morgan fingerprint density at radius 2 is 1.61 bits per heavy atom. The molecule has 0 N–H and O–H groups in total. The summed E-state index contributed by atoms with van der Waals surface area (Å²) in [4.78, 5) is 28.5. The highest BCUT2D eigenvalue weighted by Gasteiger charge is 2.24. The number of ether oxygens (including phenoxy) is 1. The third-order valence-electron chi connectivity index (χ3n) is 6.34. The van der Waals surface area contributed by atoms with Gasteiger partial charge in [0.1, 0.15) is 17.5 Å². The number of amides is 1. The van der Waals surface area contributed by atoms with Gasteiger partial charge in [0.2, 0.25) is 5.91 Å². The number of anilines is 2. The van der Waals surface area contributed by atoms with Crippen molar-refractivity contribution in [2.45, 2.75) is 45.4 Å². The number of hydrogen-bond donors (Lipinski definition) is 0. The van der Waals surface area contributed by atoms with Crippen molar-refractivity contribution in [3.63, 3.8) is 0 Å². The van der Waals surface area contributed by atoms with Crippen LogP contribution in [0.25, 0.3) is 0 Å². The van der Waals surface area contributed by atoms with Gasteiger partial charge in [-0.3, -0.25) is 4.79 Å². The highest BCUT2D eigenvalue weighted by Crippen LogP contribution is 2.29. The second-order valence-corrected chi connectivity index (χ2v) is 8.29. The fourth-order valence-electron chi connectivity index (χ4n) is 4.62. The molecule has 7 heteroatoms. The Bertz CT molecular complexity index is 663. The smallest absolute Gasteiger partial charge is 0.222 e. The normalized spacial score (nSPS) is 21.4. The van der Waals surface area contributed by atoms with Gasteiger partial charge in [-0.2, -0.15) is 0 Å². The van der Waals surface area contributed by atoms with Crippen LogP contribution in [0.15, 0.2) is 6.07 Å². The van der Waals surface area contributed by atoms with Gasteiger partial charge in [0.05, 0.1) is 13.2 Å². The van der Waals surface area contributed by atoms with Crippen LogP contribution in [0.4, 0.5) is 11.6 Å².